The number of anilines is 2. The highest BCUT2D eigenvalue weighted by atomic mass is 32.1. The molecule has 0 bridgehead atoms. The zero-order valence-corrected chi connectivity index (χ0v) is 17.4. The molecule has 9 heteroatoms. The number of carbonyl (C=O) groups is 1. The molecule has 0 saturated heterocycles. The molecule has 0 amide bonds. The first-order valence-corrected chi connectivity index (χ1v) is 10.1. The van der Waals surface area contributed by atoms with Crippen LogP contribution in [0.2, 0.25) is 0 Å². The summed E-state index contributed by atoms with van der Waals surface area (Å²) in [6, 6.07) is 5.93. The second kappa shape index (κ2) is 8.32. The first-order chi connectivity index (χ1) is 14.1. The van der Waals surface area contributed by atoms with Crippen molar-refractivity contribution < 1.29 is 14.3 Å². The summed E-state index contributed by atoms with van der Waals surface area (Å²) in [4.78, 5) is 23.3. The lowest BCUT2D eigenvalue weighted by Crippen LogP contribution is -2.40. The summed E-state index contributed by atoms with van der Waals surface area (Å²) in [6.07, 6.45) is 4.85. The molecule has 3 aromatic rings. The first kappa shape index (κ1) is 19.6. The van der Waals surface area contributed by atoms with Crippen LogP contribution in [-0.2, 0) is 22.5 Å². The van der Waals surface area contributed by atoms with Crippen LogP contribution in [0.1, 0.15) is 16.3 Å². The molecular weight excluding hydrogens is 390 g/mol. The van der Waals surface area contributed by atoms with E-state index in [1.54, 1.807) is 31.9 Å². The van der Waals surface area contributed by atoms with E-state index in [0.717, 1.165) is 57.8 Å². The number of carbonyl (C=O) groups excluding carboxylic acids is 1. The Morgan fingerprint density at radius 3 is 2.90 bits per heavy atom. The van der Waals surface area contributed by atoms with Gasteiger partial charge >= 0.3 is 0 Å². The van der Waals surface area contributed by atoms with Gasteiger partial charge in [-0.25, -0.2) is 9.97 Å². The van der Waals surface area contributed by atoms with Gasteiger partial charge in [0.05, 0.1) is 30.5 Å². The molecule has 1 aliphatic heterocycles. The molecule has 2 aromatic heterocycles. The number of nitrogens with zero attached hydrogens (tertiary/aromatic N) is 4. The molecule has 0 radical (unpaired) electrons. The molecule has 8 nitrogen and oxygen atoms in total. The molecule has 152 valence electrons. The number of imidazole rings is 1. The molecule has 29 heavy (non-hydrogen) atoms. The van der Waals surface area contributed by atoms with Crippen molar-refractivity contribution in [2.45, 2.75) is 26.1 Å². The number of benzene rings is 1. The summed E-state index contributed by atoms with van der Waals surface area (Å²) in [5.41, 5.74) is 3.84. The van der Waals surface area contributed by atoms with Crippen molar-refractivity contribution in [2.24, 2.45) is 0 Å². The van der Waals surface area contributed by atoms with E-state index in [2.05, 4.69) is 10.3 Å². The van der Waals surface area contributed by atoms with Gasteiger partial charge in [0.15, 0.2) is 17.6 Å². The fraction of sp³-hybridized carbons (Fsp3) is 0.350. The summed E-state index contributed by atoms with van der Waals surface area (Å²) in [5, 5.41) is 4.20. The predicted octanol–water partition coefficient (Wildman–Crippen LogP) is 2.92. The molecule has 0 spiro atoms. The SMILES string of the molecule is COc1cc(Nc2nc3c(s2)CN(C(C=O)OC)CC3)ccc1-n1cnc(C)c1. The Bertz CT molecular complexity index is 1020. The van der Waals surface area contributed by atoms with E-state index >= 15 is 0 Å². The average Bonchev–Trinajstić information content (AvgIpc) is 3.34. The van der Waals surface area contributed by atoms with Crippen LogP contribution >= 0.6 is 11.3 Å². The topological polar surface area (TPSA) is 81.5 Å². The Hall–Kier alpha value is -2.75. The Morgan fingerprint density at radius 2 is 2.21 bits per heavy atom. The number of aromatic nitrogens is 3. The zero-order valence-electron chi connectivity index (χ0n) is 16.6. The largest absolute Gasteiger partial charge is 0.494 e. The van der Waals surface area contributed by atoms with Crippen molar-refractivity contribution >= 4 is 28.4 Å². The van der Waals surface area contributed by atoms with Crippen molar-refractivity contribution in [2.75, 3.05) is 26.1 Å². The summed E-state index contributed by atoms with van der Waals surface area (Å²) in [6.45, 7) is 3.36. The van der Waals surface area contributed by atoms with Gasteiger partial charge < -0.3 is 19.4 Å². The van der Waals surface area contributed by atoms with Gasteiger partial charge in [0.2, 0.25) is 0 Å². The fourth-order valence-electron chi connectivity index (χ4n) is 3.42. The third-order valence-electron chi connectivity index (χ3n) is 4.90. The quantitative estimate of drug-likeness (QED) is 0.597. The normalized spacial score (nSPS) is 15.0. The van der Waals surface area contributed by atoms with Gasteiger partial charge in [-0.3, -0.25) is 9.69 Å². The lowest BCUT2D eigenvalue weighted by molar-refractivity contribution is -0.128. The summed E-state index contributed by atoms with van der Waals surface area (Å²) in [7, 11) is 3.21. The summed E-state index contributed by atoms with van der Waals surface area (Å²) < 4.78 is 12.8. The molecule has 1 atom stereocenters. The predicted molar refractivity (Wildman–Crippen MR) is 111 cm³/mol. The van der Waals surface area contributed by atoms with E-state index in [1.165, 1.54) is 0 Å². The van der Waals surface area contributed by atoms with Gasteiger partial charge in [0.1, 0.15) is 5.75 Å². The highest BCUT2D eigenvalue weighted by Gasteiger charge is 2.26. The number of rotatable bonds is 7. The van der Waals surface area contributed by atoms with Gasteiger partial charge in [-0.2, -0.15) is 0 Å². The summed E-state index contributed by atoms with van der Waals surface area (Å²) >= 11 is 1.60. The van der Waals surface area contributed by atoms with E-state index in [-0.39, 0.29) is 0 Å². The third-order valence-corrected chi connectivity index (χ3v) is 5.90. The minimum absolute atomic E-state index is 0.509. The van der Waals surface area contributed by atoms with E-state index < -0.39 is 6.23 Å². The molecule has 3 heterocycles. The van der Waals surface area contributed by atoms with E-state index in [4.69, 9.17) is 14.5 Å². The second-order valence-electron chi connectivity index (χ2n) is 6.81. The highest BCUT2D eigenvalue weighted by molar-refractivity contribution is 7.15. The van der Waals surface area contributed by atoms with Gasteiger partial charge in [0, 0.05) is 49.4 Å². The van der Waals surface area contributed by atoms with Crippen LogP contribution in [0.15, 0.2) is 30.7 Å². The van der Waals surface area contributed by atoms with Crippen molar-refractivity contribution in [3.63, 3.8) is 0 Å². The smallest absolute Gasteiger partial charge is 0.187 e. The van der Waals surface area contributed by atoms with Gasteiger partial charge in [0.25, 0.3) is 0 Å². The average molecular weight is 414 g/mol. The fourth-order valence-corrected chi connectivity index (χ4v) is 4.48. The van der Waals surface area contributed by atoms with Crippen LogP contribution in [0, 0.1) is 6.92 Å². The molecule has 4 rings (SSSR count). The van der Waals surface area contributed by atoms with Crippen LogP contribution in [0.3, 0.4) is 0 Å². The molecule has 0 saturated carbocycles. The molecule has 1 aliphatic rings. The Morgan fingerprint density at radius 1 is 1.34 bits per heavy atom. The van der Waals surface area contributed by atoms with Gasteiger partial charge in [-0.15, -0.1) is 11.3 Å². The van der Waals surface area contributed by atoms with E-state index in [9.17, 15) is 4.79 Å². The minimum atomic E-state index is -0.509. The van der Waals surface area contributed by atoms with Crippen molar-refractivity contribution in [1.82, 2.24) is 19.4 Å². The Labute approximate surface area is 173 Å². The molecule has 1 unspecified atom stereocenters. The summed E-state index contributed by atoms with van der Waals surface area (Å²) in [5.74, 6) is 0.744. The minimum Gasteiger partial charge on any atom is -0.494 e. The monoisotopic (exact) mass is 413 g/mol. The van der Waals surface area contributed by atoms with Crippen molar-refractivity contribution in [3.8, 4) is 11.4 Å². The molecule has 0 fully saturated rings. The zero-order chi connectivity index (χ0) is 20.4. The lowest BCUT2D eigenvalue weighted by atomic mass is 10.2. The van der Waals surface area contributed by atoms with Crippen LogP contribution in [0.4, 0.5) is 10.8 Å². The maximum atomic E-state index is 11.2. The number of hydrogen-bond donors (Lipinski definition) is 1. The molecule has 0 aliphatic carbocycles. The number of nitrogens with one attached hydrogen (secondary N) is 1. The van der Waals surface area contributed by atoms with Crippen molar-refractivity contribution in [3.05, 3.63) is 47.0 Å². The van der Waals surface area contributed by atoms with Crippen LogP contribution in [0.5, 0.6) is 5.75 Å². The van der Waals surface area contributed by atoms with E-state index in [0.29, 0.717) is 6.54 Å². The standard InChI is InChI=1S/C20H23N5O3S/c1-13-9-25(12-21-13)16-5-4-14(8-17(16)27-2)22-20-23-15-6-7-24(10-18(15)29-20)19(11-26)28-3/h4-5,8-9,11-12,19H,6-7,10H2,1-3H3,(H,22,23). The van der Waals surface area contributed by atoms with Gasteiger partial charge in [-0.05, 0) is 19.1 Å². The maximum Gasteiger partial charge on any atom is 0.187 e. The molecule has 1 aromatic carbocycles. The number of ether oxygens (including phenoxy) is 2. The molecule has 1 N–H and O–H groups in total. The Balaban J connectivity index is 1.53. The van der Waals surface area contributed by atoms with E-state index in [1.807, 2.05) is 40.8 Å². The second-order valence-corrected chi connectivity index (χ2v) is 7.89. The van der Waals surface area contributed by atoms with Crippen LogP contribution in [-0.4, -0.2) is 52.7 Å². The number of methoxy groups -OCH3 is 2. The number of aryl methyl sites for hydroxylation is 1. The Kier molecular flexibility index (Phi) is 5.61. The lowest BCUT2D eigenvalue weighted by Gasteiger charge is -2.29. The highest BCUT2D eigenvalue weighted by Crippen LogP contribution is 2.33. The number of fused-ring (bicyclic) bond motifs is 1. The number of hydrogen-bond acceptors (Lipinski definition) is 8. The molecular formula is C20H23N5O3S. The van der Waals surface area contributed by atoms with Crippen molar-refractivity contribution in [1.29, 1.82) is 0 Å². The number of thiazole rings is 1. The number of aldehydes is 1. The third kappa shape index (κ3) is 4.02. The van der Waals surface area contributed by atoms with Gasteiger partial charge in [-0.1, -0.05) is 0 Å². The first-order valence-electron chi connectivity index (χ1n) is 9.28. The maximum absolute atomic E-state index is 11.2. The van der Waals surface area contributed by atoms with Crippen LogP contribution in [0.25, 0.3) is 5.69 Å². The van der Waals surface area contributed by atoms with Crippen LogP contribution < -0.4 is 10.1 Å².